The second-order valence-electron chi connectivity index (χ2n) is 9.63. The topological polar surface area (TPSA) is 27.7 Å². The van der Waals surface area contributed by atoms with Crippen LogP contribution in [-0.2, 0) is 30.8 Å². The second kappa shape index (κ2) is 15.6. The van der Waals surface area contributed by atoms with Gasteiger partial charge < -0.3 is 14.2 Å². The van der Waals surface area contributed by atoms with Gasteiger partial charge >= 0.3 is 0 Å². The number of halogens is 2. The van der Waals surface area contributed by atoms with Crippen molar-refractivity contribution in [2.24, 2.45) is 0 Å². The summed E-state index contributed by atoms with van der Waals surface area (Å²) < 4.78 is 45.9. The fourth-order valence-corrected chi connectivity index (χ4v) is 4.17. The van der Waals surface area contributed by atoms with Crippen molar-refractivity contribution in [3.05, 3.63) is 131 Å². The Kier molecular flexibility index (Phi) is 11.4. The molecule has 0 saturated carbocycles. The predicted octanol–water partition coefficient (Wildman–Crippen LogP) is 8.10. The van der Waals surface area contributed by atoms with Crippen molar-refractivity contribution in [3.63, 3.8) is 0 Å². The van der Waals surface area contributed by atoms with E-state index in [0.717, 1.165) is 33.8 Å². The molecular weight excluding hydrogens is 494 g/mol. The van der Waals surface area contributed by atoms with Gasteiger partial charge in [-0.25, -0.2) is 8.78 Å². The highest BCUT2D eigenvalue weighted by molar-refractivity contribution is 5.29. The summed E-state index contributed by atoms with van der Waals surface area (Å²) in [6, 6.07) is 35.0. The SMILES string of the molecule is F[C@@H](CCOCC[C@H](F)Cc1ccc(OCc2ccccc2)cc1)Cc1ccc(OCc2ccccc2)cc1. The van der Waals surface area contributed by atoms with Gasteiger partial charge in [0.25, 0.3) is 0 Å². The lowest BCUT2D eigenvalue weighted by molar-refractivity contribution is 0.0940. The molecule has 0 spiro atoms. The zero-order valence-corrected chi connectivity index (χ0v) is 22.2. The van der Waals surface area contributed by atoms with Crippen LogP contribution in [0.5, 0.6) is 11.5 Å². The van der Waals surface area contributed by atoms with Gasteiger partial charge in [0.2, 0.25) is 0 Å². The molecule has 4 aromatic carbocycles. The number of benzene rings is 4. The van der Waals surface area contributed by atoms with E-state index < -0.39 is 12.3 Å². The number of hydrogen-bond acceptors (Lipinski definition) is 3. The summed E-state index contributed by atoms with van der Waals surface area (Å²) in [7, 11) is 0. The summed E-state index contributed by atoms with van der Waals surface area (Å²) in [5, 5.41) is 0. The molecule has 0 saturated heterocycles. The second-order valence-corrected chi connectivity index (χ2v) is 9.63. The van der Waals surface area contributed by atoms with Gasteiger partial charge in [-0.2, -0.15) is 0 Å². The molecule has 0 radical (unpaired) electrons. The van der Waals surface area contributed by atoms with E-state index in [1.165, 1.54) is 0 Å². The lowest BCUT2D eigenvalue weighted by atomic mass is 10.1. The minimum absolute atomic E-state index is 0.277. The van der Waals surface area contributed by atoms with E-state index in [2.05, 4.69) is 0 Å². The molecule has 0 aliphatic rings. The van der Waals surface area contributed by atoms with E-state index in [0.29, 0.717) is 26.1 Å². The van der Waals surface area contributed by atoms with Crippen LogP contribution >= 0.6 is 0 Å². The first-order chi connectivity index (χ1) is 19.1. The Morgan fingerprint density at radius 1 is 0.462 bits per heavy atom. The molecule has 0 aliphatic heterocycles. The van der Waals surface area contributed by atoms with E-state index in [1.54, 1.807) is 0 Å². The predicted molar refractivity (Wildman–Crippen MR) is 152 cm³/mol. The molecule has 0 N–H and O–H groups in total. The fraction of sp³-hybridized carbons (Fsp3) is 0.294. The molecule has 3 nitrogen and oxygen atoms in total. The van der Waals surface area contributed by atoms with Crippen LogP contribution in [0.3, 0.4) is 0 Å². The molecule has 0 heterocycles. The monoisotopic (exact) mass is 530 g/mol. The third-order valence-electron chi connectivity index (χ3n) is 6.41. The van der Waals surface area contributed by atoms with E-state index in [-0.39, 0.29) is 26.1 Å². The third kappa shape index (κ3) is 10.5. The Bertz CT molecular complexity index is 1100. The summed E-state index contributed by atoms with van der Waals surface area (Å²) in [5.74, 6) is 1.52. The normalized spacial score (nSPS) is 12.6. The standard InChI is InChI=1S/C34H36F2O3/c35-31(23-27-11-15-33(16-12-27)38-25-29-7-3-1-4-8-29)19-21-37-22-20-32(36)24-28-13-17-34(18-14-28)39-26-30-9-5-2-6-10-30/h1-18,31-32H,19-26H2/t31-,32-/m0/s1. The van der Waals surface area contributed by atoms with Crippen LogP contribution in [0.25, 0.3) is 0 Å². The van der Waals surface area contributed by atoms with Crippen molar-refractivity contribution in [2.75, 3.05) is 13.2 Å². The molecule has 0 amide bonds. The van der Waals surface area contributed by atoms with Gasteiger partial charge in [0.15, 0.2) is 0 Å². The van der Waals surface area contributed by atoms with Crippen molar-refractivity contribution < 1.29 is 23.0 Å². The molecule has 0 aromatic heterocycles. The van der Waals surface area contributed by atoms with E-state index >= 15 is 0 Å². The Balaban J connectivity index is 1.06. The number of ether oxygens (including phenoxy) is 3. The molecule has 0 unspecified atom stereocenters. The Morgan fingerprint density at radius 2 is 0.846 bits per heavy atom. The highest BCUT2D eigenvalue weighted by Gasteiger charge is 2.11. The number of alkyl halides is 2. The molecule has 5 heteroatoms. The van der Waals surface area contributed by atoms with Crippen LogP contribution in [0, 0.1) is 0 Å². The van der Waals surface area contributed by atoms with Crippen LogP contribution in [-0.4, -0.2) is 25.6 Å². The largest absolute Gasteiger partial charge is 0.489 e. The quantitative estimate of drug-likeness (QED) is 0.137. The van der Waals surface area contributed by atoms with Gasteiger partial charge in [-0.05, 0) is 46.5 Å². The minimum Gasteiger partial charge on any atom is -0.489 e. The first kappa shape index (κ1) is 28.3. The molecule has 39 heavy (non-hydrogen) atoms. The molecule has 204 valence electrons. The Hall–Kier alpha value is -3.70. The average Bonchev–Trinajstić information content (AvgIpc) is 2.97. The fourth-order valence-electron chi connectivity index (χ4n) is 4.17. The van der Waals surface area contributed by atoms with Crippen molar-refractivity contribution in [1.82, 2.24) is 0 Å². The molecule has 0 fully saturated rings. The molecule has 0 bridgehead atoms. The Labute approximate surface area is 230 Å². The first-order valence-corrected chi connectivity index (χ1v) is 13.5. The maximum atomic E-state index is 14.4. The minimum atomic E-state index is -1.01. The first-order valence-electron chi connectivity index (χ1n) is 13.5. The van der Waals surface area contributed by atoms with Crippen molar-refractivity contribution in [1.29, 1.82) is 0 Å². The Morgan fingerprint density at radius 3 is 1.23 bits per heavy atom. The molecule has 4 rings (SSSR count). The lowest BCUT2D eigenvalue weighted by Crippen LogP contribution is -2.12. The highest BCUT2D eigenvalue weighted by Crippen LogP contribution is 2.18. The molecule has 2 atom stereocenters. The van der Waals surface area contributed by atoms with Crippen LogP contribution in [0.15, 0.2) is 109 Å². The van der Waals surface area contributed by atoms with Gasteiger partial charge in [-0.1, -0.05) is 84.9 Å². The van der Waals surface area contributed by atoms with Crippen molar-refractivity contribution in [3.8, 4) is 11.5 Å². The number of rotatable bonds is 16. The van der Waals surface area contributed by atoms with E-state index in [9.17, 15) is 8.78 Å². The summed E-state index contributed by atoms with van der Waals surface area (Å²) in [6.07, 6.45) is -0.811. The molecule has 4 aromatic rings. The van der Waals surface area contributed by atoms with Crippen molar-refractivity contribution in [2.45, 2.75) is 51.2 Å². The van der Waals surface area contributed by atoms with E-state index in [4.69, 9.17) is 14.2 Å². The summed E-state index contributed by atoms with van der Waals surface area (Å²) in [5.41, 5.74) is 4.02. The smallest absolute Gasteiger partial charge is 0.119 e. The van der Waals surface area contributed by atoms with Crippen molar-refractivity contribution >= 4 is 0 Å². The van der Waals surface area contributed by atoms with Crippen LogP contribution in [0.2, 0.25) is 0 Å². The average molecular weight is 531 g/mol. The lowest BCUT2D eigenvalue weighted by Gasteiger charge is -2.12. The summed E-state index contributed by atoms with van der Waals surface area (Å²) in [6.45, 7) is 1.55. The van der Waals surface area contributed by atoms with Crippen LogP contribution < -0.4 is 9.47 Å². The highest BCUT2D eigenvalue weighted by atomic mass is 19.1. The zero-order valence-electron chi connectivity index (χ0n) is 22.2. The maximum absolute atomic E-state index is 14.4. The van der Waals surface area contributed by atoms with Gasteiger partial charge in [0, 0.05) is 38.9 Å². The molecular formula is C34H36F2O3. The summed E-state index contributed by atoms with van der Waals surface area (Å²) in [4.78, 5) is 0. The van der Waals surface area contributed by atoms with Crippen LogP contribution in [0.1, 0.15) is 35.1 Å². The molecule has 0 aliphatic carbocycles. The summed E-state index contributed by atoms with van der Waals surface area (Å²) >= 11 is 0. The van der Waals surface area contributed by atoms with E-state index in [1.807, 2.05) is 109 Å². The number of hydrogen-bond donors (Lipinski definition) is 0. The van der Waals surface area contributed by atoms with Gasteiger partial charge in [0.1, 0.15) is 37.1 Å². The van der Waals surface area contributed by atoms with Gasteiger partial charge in [0.05, 0.1) is 0 Å². The maximum Gasteiger partial charge on any atom is 0.119 e. The van der Waals surface area contributed by atoms with Gasteiger partial charge in [-0.3, -0.25) is 0 Å². The van der Waals surface area contributed by atoms with Crippen LogP contribution in [0.4, 0.5) is 8.78 Å². The zero-order chi connectivity index (χ0) is 27.1. The van der Waals surface area contributed by atoms with Gasteiger partial charge in [-0.15, -0.1) is 0 Å². The third-order valence-corrected chi connectivity index (χ3v) is 6.41.